The molecule has 3 aromatic heterocycles. The van der Waals surface area contributed by atoms with Crippen LogP contribution in [0.3, 0.4) is 0 Å². The molecule has 44 heavy (non-hydrogen) atoms. The molecule has 9 nitrogen and oxygen atoms in total. The standard InChI is InChI=1S/C15H7B3F3N3O2.C6H12.C5H3F3N2O2/c1-24-5-9(19)7-2-8(11(20)12(21)10(7)14(24)25)13-22-3-6(4-23-13)26-15(16,17)18;1-2-4-6-5-3-1;6-5(7,8)3-2(11)1-9-10-4(3)12/h2-5H,1H3;1-6H2;1H,(H2,10,11,12). The van der Waals surface area contributed by atoms with Crippen molar-refractivity contribution in [1.29, 1.82) is 0 Å². The molecular weight excluding hydrogens is 593 g/mol. The second kappa shape index (κ2) is 14.0. The van der Waals surface area contributed by atoms with E-state index in [0.717, 1.165) is 29.2 Å². The molecule has 0 saturated heterocycles. The Morgan fingerprint density at radius 2 is 1.48 bits per heavy atom. The van der Waals surface area contributed by atoms with Crippen molar-refractivity contribution in [3.63, 3.8) is 0 Å². The number of H-pyrrole nitrogens is 1. The van der Waals surface area contributed by atoms with Crippen LogP contribution in [0.15, 0.2) is 40.4 Å². The van der Waals surface area contributed by atoms with Gasteiger partial charge in [-0.2, -0.15) is 18.3 Å². The van der Waals surface area contributed by atoms with Crippen molar-refractivity contribution in [3.8, 4) is 22.9 Å². The number of rotatable bonds is 3. The number of benzene rings is 1. The van der Waals surface area contributed by atoms with Gasteiger partial charge in [-0.3, -0.25) is 9.59 Å². The predicted octanol–water partition coefficient (Wildman–Crippen LogP) is 3.74. The van der Waals surface area contributed by atoms with Crippen LogP contribution >= 0.6 is 0 Å². The Morgan fingerprint density at radius 1 is 0.932 bits per heavy atom. The summed E-state index contributed by atoms with van der Waals surface area (Å²) in [5.41, 5.74) is -4.40. The maximum Gasteiger partial charge on any atom is 0.425 e. The molecule has 0 atom stereocenters. The highest BCUT2D eigenvalue weighted by Gasteiger charge is 2.37. The molecule has 1 saturated carbocycles. The number of ether oxygens (including phenoxy) is 1. The number of aromatic amines is 1. The van der Waals surface area contributed by atoms with Gasteiger partial charge in [0, 0.05) is 18.6 Å². The van der Waals surface area contributed by atoms with E-state index in [4.69, 9.17) is 33.4 Å². The summed E-state index contributed by atoms with van der Waals surface area (Å²) in [6.07, 6.45) is 7.68. The lowest BCUT2D eigenvalue weighted by Crippen LogP contribution is -2.37. The van der Waals surface area contributed by atoms with Crippen molar-refractivity contribution in [2.75, 3.05) is 0 Å². The molecular formula is C26H22B3F6N5O4. The Hall–Kier alpha value is -4.24. The van der Waals surface area contributed by atoms with E-state index in [1.807, 2.05) is 0 Å². The fraction of sp³-hybridized carbons (Fsp3) is 0.346. The van der Waals surface area contributed by atoms with Gasteiger partial charge < -0.3 is 14.4 Å². The van der Waals surface area contributed by atoms with Crippen LogP contribution in [0, 0.1) is 17.5 Å². The molecule has 4 aromatic rings. The molecule has 3 heterocycles. The molecule has 6 radical (unpaired) electrons. The maximum atomic E-state index is 14.4. The van der Waals surface area contributed by atoms with E-state index in [-0.39, 0.29) is 11.6 Å². The number of hydrogen-bond acceptors (Lipinski definition) is 7. The van der Waals surface area contributed by atoms with Crippen molar-refractivity contribution < 1.29 is 36.2 Å². The highest BCUT2D eigenvalue weighted by Crippen LogP contribution is 2.32. The predicted molar refractivity (Wildman–Crippen MR) is 150 cm³/mol. The molecule has 0 spiro atoms. The van der Waals surface area contributed by atoms with Gasteiger partial charge in [-0.1, -0.05) is 38.5 Å². The van der Waals surface area contributed by atoms with E-state index in [1.54, 1.807) is 5.10 Å². The van der Waals surface area contributed by atoms with Crippen LogP contribution in [0.1, 0.15) is 44.1 Å². The highest BCUT2D eigenvalue weighted by atomic mass is 19.4. The summed E-state index contributed by atoms with van der Waals surface area (Å²) in [6, 6.07) is 0.958. The first-order valence-corrected chi connectivity index (χ1v) is 12.9. The third kappa shape index (κ3) is 8.66. The minimum atomic E-state index is -4.86. The van der Waals surface area contributed by atoms with Crippen LogP contribution in [0.5, 0.6) is 11.5 Å². The Kier molecular flexibility index (Phi) is 10.9. The largest absolute Gasteiger partial charge is 0.513 e. The van der Waals surface area contributed by atoms with E-state index in [2.05, 4.69) is 15.1 Å². The summed E-state index contributed by atoms with van der Waals surface area (Å²) >= 11 is 0. The van der Waals surface area contributed by atoms with Gasteiger partial charge in [0.05, 0.1) is 29.5 Å². The second-order valence-electron chi connectivity index (χ2n) is 9.64. The number of aromatic nitrogens is 5. The van der Waals surface area contributed by atoms with Gasteiger partial charge in [0.25, 0.3) is 11.1 Å². The smallest absolute Gasteiger partial charge is 0.425 e. The zero-order valence-corrected chi connectivity index (χ0v) is 23.1. The summed E-state index contributed by atoms with van der Waals surface area (Å²) in [6.45, 7) is 0. The Bertz CT molecular complexity index is 1710. The topological polar surface area (TPSA) is 123 Å². The van der Waals surface area contributed by atoms with Crippen molar-refractivity contribution in [2.45, 2.75) is 50.0 Å². The lowest BCUT2D eigenvalue weighted by molar-refractivity contribution is -0.140. The lowest BCUT2D eigenvalue weighted by atomic mass is 9.52. The number of aryl methyl sites for hydroxylation is 1. The first-order chi connectivity index (χ1) is 20.5. The molecule has 2 N–H and O–H groups in total. The molecule has 0 aliphatic heterocycles. The maximum absolute atomic E-state index is 14.4. The number of halogens is 6. The van der Waals surface area contributed by atoms with Gasteiger partial charge >= 0.3 is 6.18 Å². The Morgan fingerprint density at radius 3 is 1.93 bits per heavy atom. The zero-order chi connectivity index (χ0) is 32.8. The van der Waals surface area contributed by atoms with Gasteiger partial charge in [0.2, 0.25) is 0 Å². The second-order valence-corrected chi connectivity index (χ2v) is 9.64. The van der Waals surface area contributed by atoms with Crippen LogP contribution < -0.4 is 15.9 Å². The van der Waals surface area contributed by atoms with Crippen molar-refractivity contribution in [2.24, 2.45) is 7.05 Å². The molecule has 0 bridgehead atoms. The molecule has 1 aliphatic rings. The first-order valence-electron chi connectivity index (χ1n) is 12.9. The number of fused-ring (bicyclic) bond motifs is 1. The van der Waals surface area contributed by atoms with Crippen LogP contribution in [0.2, 0.25) is 0 Å². The molecule has 0 amide bonds. The third-order valence-corrected chi connectivity index (χ3v) is 6.09. The molecule has 1 aromatic carbocycles. The van der Waals surface area contributed by atoms with Crippen molar-refractivity contribution >= 4 is 34.3 Å². The molecule has 1 fully saturated rings. The lowest BCUT2D eigenvalue weighted by Gasteiger charge is -2.22. The fourth-order valence-corrected chi connectivity index (χ4v) is 4.10. The number of aromatic hydroxyl groups is 1. The van der Waals surface area contributed by atoms with Gasteiger partial charge in [-0.15, -0.1) is 0 Å². The SMILES string of the molecule is C1CCCCC1.O=c1[nH]ncc(O)c1C(F)(F)F.[B]C([B])([B])Oc1cnc(-c2cc3c(F)cn(C)c(=O)c3c(F)c2F)nc1. The van der Waals surface area contributed by atoms with Gasteiger partial charge in [0.1, 0.15) is 29.4 Å². The molecule has 18 heteroatoms. The molecule has 226 valence electrons. The average molecular weight is 615 g/mol. The van der Waals surface area contributed by atoms with Gasteiger partial charge in [0.15, 0.2) is 34.5 Å². The summed E-state index contributed by atoms with van der Waals surface area (Å²) in [7, 11) is 17.0. The minimum Gasteiger partial charge on any atom is -0.513 e. The van der Waals surface area contributed by atoms with E-state index in [1.165, 1.54) is 45.6 Å². The summed E-state index contributed by atoms with van der Waals surface area (Å²) in [5.74, 6) is -5.26. The minimum absolute atomic E-state index is 0.0250. The van der Waals surface area contributed by atoms with Crippen molar-refractivity contribution in [3.05, 3.63) is 74.6 Å². The number of alkyl halides is 3. The fourth-order valence-electron chi connectivity index (χ4n) is 4.10. The summed E-state index contributed by atoms with van der Waals surface area (Å²) in [5, 5.41) is 10.1. The van der Waals surface area contributed by atoms with Gasteiger partial charge in [-0.05, 0) is 11.4 Å². The van der Waals surface area contributed by atoms with Crippen LogP contribution in [0.4, 0.5) is 26.3 Å². The quantitative estimate of drug-likeness (QED) is 0.266. The van der Waals surface area contributed by atoms with Crippen LogP contribution in [-0.2, 0) is 13.2 Å². The van der Waals surface area contributed by atoms with E-state index in [0.29, 0.717) is 6.20 Å². The Balaban J connectivity index is 0.000000240. The monoisotopic (exact) mass is 615 g/mol. The number of pyridine rings is 1. The summed E-state index contributed by atoms with van der Waals surface area (Å²) < 4.78 is 84.4. The van der Waals surface area contributed by atoms with Crippen LogP contribution in [-0.4, -0.2) is 58.7 Å². The molecule has 5 rings (SSSR count). The molecule has 1 aliphatic carbocycles. The normalized spacial score (nSPS) is 13.3. The zero-order valence-electron chi connectivity index (χ0n) is 23.1. The average Bonchev–Trinajstić information content (AvgIpc) is 2.94. The van der Waals surface area contributed by atoms with E-state index < -0.39 is 67.7 Å². The number of nitrogens with one attached hydrogen (secondary N) is 1. The number of hydrogen-bond donors (Lipinski definition) is 2. The Labute approximate surface area is 249 Å². The van der Waals surface area contributed by atoms with Crippen LogP contribution in [0.25, 0.3) is 22.2 Å². The highest BCUT2D eigenvalue weighted by molar-refractivity contribution is 6.58. The van der Waals surface area contributed by atoms with E-state index >= 15 is 0 Å². The molecule has 0 unspecified atom stereocenters. The third-order valence-electron chi connectivity index (χ3n) is 6.09. The van der Waals surface area contributed by atoms with E-state index in [9.17, 15) is 35.9 Å². The summed E-state index contributed by atoms with van der Waals surface area (Å²) in [4.78, 5) is 30.1. The first kappa shape index (κ1) is 34.3. The number of nitrogens with zero attached hydrogens (tertiary/aromatic N) is 4. The van der Waals surface area contributed by atoms with Crippen molar-refractivity contribution in [1.82, 2.24) is 24.7 Å². The van der Waals surface area contributed by atoms with Gasteiger partial charge in [-0.25, -0.2) is 28.2 Å².